The van der Waals surface area contributed by atoms with E-state index in [0.29, 0.717) is 6.42 Å². The van der Waals surface area contributed by atoms with E-state index < -0.39 is 12.0 Å². The normalized spacial score (nSPS) is 11.4. The minimum absolute atomic E-state index is 0.250. The highest BCUT2D eigenvalue weighted by molar-refractivity contribution is 5.84. The minimum Gasteiger partial charge on any atom is -0.480 e. The lowest BCUT2D eigenvalue weighted by molar-refractivity contribution is -0.138. The molecule has 6 nitrogen and oxygen atoms in total. The summed E-state index contributed by atoms with van der Waals surface area (Å²) < 4.78 is 0. The van der Waals surface area contributed by atoms with Crippen LogP contribution in [0.1, 0.15) is 5.56 Å². The van der Waals surface area contributed by atoms with Crippen molar-refractivity contribution < 1.29 is 14.7 Å². The lowest BCUT2D eigenvalue weighted by Crippen LogP contribution is -2.32. The van der Waals surface area contributed by atoms with Crippen molar-refractivity contribution in [2.75, 3.05) is 0 Å². The Morgan fingerprint density at radius 3 is 2.67 bits per heavy atom. The third-order valence-corrected chi connectivity index (χ3v) is 2.43. The monoisotopic (exact) mass is 249 g/mol. The van der Waals surface area contributed by atoms with Gasteiger partial charge in [0.25, 0.3) is 0 Å². The number of para-hydroxylation sites is 1. The highest BCUT2D eigenvalue weighted by Gasteiger charge is 2.14. The van der Waals surface area contributed by atoms with E-state index in [1.165, 1.54) is 0 Å². The van der Waals surface area contributed by atoms with Gasteiger partial charge in [-0.1, -0.05) is 18.2 Å². The zero-order valence-electron chi connectivity index (χ0n) is 9.67. The van der Waals surface area contributed by atoms with Crippen molar-refractivity contribution in [1.82, 2.24) is 4.98 Å². The molecule has 2 aromatic rings. The molecule has 0 saturated heterocycles. The Bertz CT molecular complexity index is 536. The summed E-state index contributed by atoms with van der Waals surface area (Å²) >= 11 is 0. The number of benzene rings is 1. The van der Waals surface area contributed by atoms with E-state index in [2.05, 4.69) is 10.7 Å². The number of nitrogens with one attached hydrogen (secondary N) is 1. The summed E-state index contributed by atoms with van der Waals surface area (Å²) in [6.07, 6.45) is 2.41. The van der Waals surface area contributed by atoms with Gasteiger partial charge in [0.1, 0.15) is 6.04 Å². The molecule has 1 aromatic heterocycles. The molecule has 0 fully saturated rings. The van der Waals surface area contributed by atoms with Crippen LogP contribution < -0.4 is 11.5 Å². The number of aromatic nitrogens is 1. The van der Waals surface area contributed by atoms with Crippen molar-refractivity contribution in [3.63, 3.8) is 0 Å². The van der Waals surface area contributed by atoms with Gasteiger partial charge in [0, 0.05) is 23.5 Å². The van der Waals surface area contributed by atoms with Crippen molar-refractivity contribution in [3.8, 4) is 0 Å². The molecule has 0 radical (unpaired) electrons. The van der Waals surface area contributed by atoms with Crippen LogP contribution in [0.15, 0.2) is 30.5 Å². The van der Waals surface area contributed by atoms with Gasteiger partial charge in [-0.15, -0.1) is 0 Å². The first kappa shape index (κ1) is 13.7. The van der Waals surface area contributed by atoms with Gasteiger partial charge in [-0.05, 0) is 11.6 Å². The Hall–Kier alpha value is -2.34. The quantitative estimate of drug-likeness (QED) is 0.581. The Kier molecular flexibility index (Phi) is 4.89. The molecular formula is C12H15N3O3. The summed E-state index contributed by atoms with van der Waals surface area (Å²) in [6, 6.07) is 6.91. The molecule has 18 heavy (non-hydrogen) atoms. The second-order valence-corrected chi connectivity index (χ2v) is 3.64. The topological polar surface area (TPSA) is 122 Å². The third-order valence-electron chi connectivity index (χ3n) is 2.43. The van der Waals surface area contributed by atoms with Gasteiger partial charge >= 0.3 is 5.97 Å². The number of primary amides is 1. The molecule has 6 heteroatoms. The fraction of sp³-hybridized carbons (Fsp3) is 0.167. The van der Waals surface area contributed by atoms with Gasteiger partial charge < -0.3 is 21.6 Å². The number of amides is 1. The number of carboxylic acids is 1. The Morgan fingerprint density at radius 1 is 1.44 bits per heavy atom. The van der Waals surface area contributed by atoms with Crippen molar-refractivity contribution in [3.05, 3.63) is 36.0 Å². The average Bonchev–Trinajstić information content (AvgIpc) is 2.74. The molecule has 0 aliphatic rings. The predicted molar refractivity (Wildman–Crippen MR) is 67.9 cm³/mol. The van der Waals surface area contributed by atoms with Crippen LogP contribution >= 0.6 is 0 Å². The number of fused-ring (bicyclic) bond motifs is 1. The zero-order chi connectivity index (χ0) is 13.5. The maximum Gasteiger partial charge on any atom is 0.320 e. The molecule has 0 saturated carbocycles. The molecule has 6 N–H and O–H groups in total. The van der Waals surface area contributed by atoms with Gasteiger partial charge in [-0.2, -0.15) is 0 Å². The molecule has 0 spiro atoms. The summed E-state index contributed by atoms with van der Waals surface area (Å²) in [5.41, 5.74) is 11.6. The molecule has 0 bridgehead atoms. The average molecular weight is 249 g/mol. The summed E-state index contributed by atoms with van der Waals surface area (Å²) in [6.45, 7) is 0. The van der Waals surface area contributed by atoms with Gasteiger partial charge in [0.15, 0.2) is 0 Å². The predicted octanol–water partition coefficient (Wildman–Crippen LogP) is 0.224. The van der Waals surface area contributed by atoms with E-state index in [9.17, 15) is 4.79 Å². The number of hydrogen-bond donors (Lipinski definition) is 4. The Balaban J connectivity index is 0.000000492. The molecule has 96 valence electrons. The van der Waals surface area contributed by atoms with Crippen molar-refractivity contribution >= 4 is 23.3 Å². The zero-order valence-corrected chi connectivity index (χ0v) is 9.67. The van der Waals surface area contributed by atoms with E-state index in [0.717, 1.165) is 16.5 Å². The smallest absolute Gasteiger partial charge is 0.320 e. The molecule has 2 rings (SSSR count). The van der Waals surface area contributed by atoms with E-state index in [4.69, 9.17) is 15.6 Å². The number of aromatic amines is 1. The highest BCUT2D eigenvalue weighted by atomic mass is 16.4. The van der Waals surface area contributed by atoms with Crippen LogP contribution in [0.4, 0.5) is 0 Å². The first-order valence-electron chi connectivity index (χ1n) is 5.29. The second kappa shape index (κ2) is 6.41. The first-order chi connectivity index (χ1) is 8.60. The summed E-state index contributed by atoms with van der Waals surface area (Å²) in [5, 5.41) is 9.75. The summed E-state index contributed by atoms with van der Waals surface area (Å²) in [7, 11) is 0. The van der Waals surface area contributed by atoms with E-state index in [1.54, 1.807) is 0 Å². The number of nitrogens with two attached hydrogens (primary N) is 2. The van der Waals surface area contributed by atoms with Crippen LogP contribution in [0.25, 0.3) is 10.9 Å². The molecular weight excluding hydrogens is 234 g/mol. The SMILES string of the molecule is NC=O.N[C@@H](Cc1c[nH]c2ccccc12)C(=O)O. The van der Waals surface area contributed by atoms with Gasteiger partial charge in [-0.25, -0.2) is 0 Å². The number of carboxylic acid groups (broad SMARTS) is 1. The maximum absolute atomic E-state index is 10.6. The molecule has 0 aliphatic heterocycles. The molecule has 1 aromatic carbocycles. The van der Waals surface area contributed by atoms with Crippen LogP contribution in [0.3, 0.4) is 0 Å². The van der Waals surface area contributed by atoms with Crippen LogP contribution in [0.5, 0.6) is 0 Å². The molecule has 1 atom stereocenters. The standard InChI is InChI=1S/C11H12N2O2.CH3NO/c12-9(11(14)15)5-7-6-13-10-4-2-1-3-8(7)10;2-1-3/h1-4,6,9,13H,5,12H2,(H,14,15);1H,(H2,2,3)/t9-;/m0./s1. The van der Waals surface area contributed by atoms with Gasteiger partial charge in [-0.3, -0.25) is 9.59 Å². The van der Waals surface area contributed by atoms with Crippen molar-refractivity contribution in [2.24, 2.45) is 11.5 Å². The molecule has 0 unspecified atom stereocenters. The largest absolute Gasteiger partial charge is 0.480 e. The molecule has 1 amide bonds. The molecule has 1 heterocycles. The number of H-pyrrole nitrogens is 1. The lowest BCUT2D eigenvalue weighted by atomic mass is 10.1. The van der Waals surface area contributed by atoms with Crippen LogP contribution in [-0.2, 0) is 16.0 Å². The van der Waals surface area contributed by atoms with Crippen LogP contribution in [0.2, 0.25) is 0 Å². The second-order valence-electron chi connectivity index (χ2n) is 3.64. The van der Waals surface area contributed by atoms with Gasteiger partial charge in [0.05, 0.1) is 0 Å². The van der Waals surface area contributed by atoms with E-state index in [1.807, 2.05) is 30.5 Å². The Labute approximate surface area is 104 Å². The third kappa shape index (κ3) is 3.33. The van der Waals surface area contributed by atoms with Crippen LogP contribution in [0, 0.1) is 0 Å². The number of hydrogen-bond acceptors (Lipinski definition) is 3. The summed E-state index contributed by atoms with van der Waals surface area (Å²) in [5.74, 6) is -0.972. The minimum atomic E-state index is -0.972. The van der Waals surface area contributed by atoms with E-state index >= 15 is 0 Å². The maximum atomic E-state index is 10.6. The fourth-order valence-corrected chi connectivity index (χ4v) is 1.62. The number of carbonyl (C=O) groups is 2. The number of carbonyl (C=O) groups excluding carboxylic acids is 1. The Morgan fingerprint density at radius 2 is 2.06 bits per heavy atom. The fourth-order valence-electron chi connectivity index (χ4n) is 1.62. The number of aliphatic carboxylic acids is 1. The molecule has 0 aliphatic carbocycles. The highest BCUT2D eigenvalue weighted by Crippen LogP contribution is 2.18. The van der Waals surface area contributed by atoms with E-state index in [-0.39, 0.29) is 6.41 Å². The van der Waals surface area contributed by atoms with Crippen LogP contribution in [-0.4, -0.2) is 28.5 Å². The van der Waals surface area contributed by atoms with Crippen molar-refractivity contribution in [2.45, 2.75) is 12.5 Å². The lowest BCUT2D eigenvalue weighted by Gasteiger charge is -2.04. The first-order valence-corrected chi connectivity index (χ1v) is 5.29. The number of rotatable bonds is 3. The summed E-state index contributed by atoms with van der Waals surface area (Å²) in [4.78, 5) is 22.3. The van der Waals surface area contributed by atoms with Gasteiger partial charge in [0.2, 0.25) is 6.41 Å². The van der Waals surface area contributed by atoms with Crippen molar-refractivity contribution in [1.29, 1.82) is 0 Å².